The first-order chi connectivity index (χ1) is 9.04. The number of ether oxygens (including phenoxy) is 1. The highest BCUT2D eigenvalue weighted by Gasteiger charge is 2.34. The van der Waals surface area contributed by atoms with Crippen molar-refractivity contribution in [2.75, 3.05) is 13.7 Å². The highest BCUT2D eigenvalue weighted by molar-refractivity contribution is 6.30. The quantitative estimate of drug-likeness (QED) is 0.848. The van der Waals surface area contributed by atoms with Gasteiger partial charge in [-0.3, -0.25) is 4.79 Å². The van der Waals surface area contributed by atoms with Crippen molar-refractivity contribution in [1.29, 1.82) is 0 Å². The molecule has 19 heavy (non-hydrogen) atoms. The average Bonchev–Trinajstić information content (AvgIpc) is 2.62. The van der Waals surface area contributed by atoms with Crippen molar-refractivity contribution in [3.63, 3.8) is 0 Å². The van der Waals surface area contributed by atoms with Gasteiger partial charge in [0.1, 0.15) is 0 Å². The number of carbonyl (C=O) groups excluding carboxylic acids is 1. The van der Waals surface area contributed by atoms with Crippen molar-refractivity contribution < 1.29 is 9.53 Å². The molecule has 2 rings (SSSR count). The lowest BCUT2D eigenvalue weighted by Crippen LogP contribution is -2.38. The van der Waals surface area contributed by atoms with E-state index in [0.717, 1.165) is 28.2 Å². The molecule has 0 spiro atoms. The van der Waals surface area contributed by atoms with Gasteiger partial charge in [0, 0.05) is 24.3 Å². The molecule has 1 aliphatic heterocycles. The molecule has 102 valence electrons. The topological polar surface area (TPSA) is 29.5 Å². The summed E-state index contributed by atoms with van der Waals surface area (Å²) < 4.78 is 5.41. The van der Waals surface area contributed by atoms with Crippen LogP contribution in [0, 0.1) is 0 Å². The van der Waals surface area contributed by atoms with Crippen LogP contribution in [-0.4, -0.2) is 30.7 Å². The predicted octanol–water partition coefficient (Wildman–Crippen LogP) is 3.03. The van der Waals surface area contributed by atoms with Crippen LogP contribution in [0.1, 0.15) is 19.4 Å². The molecule has 0 aromatic heterocycles. The van der Waals surface area contributed by atoms with E-state index >= 15 is 0 Å². The number of hydrogen-bond acceptors (Lipinski definition) is 2. The summed E-state index contributed by atoms with van der Waals surface area (Å²) in [5, 5.41) is 0.726. The minimum Gasteiger partial charge on any atom is -0.358 e. The zero-order valence-electron chi connectivity index (χ0n) is 11.4. The normalized spacial score (nSPS) is 19.5. The maximum atomic E-state index is 12.1. The molecule has 0 N–H and O–H groups in total. The third kappa shape index (κ3) is 2.82. The molecule has 1 heterocycles. The number of halogens is 1. The summed E-state index contributed by atoms with van der Waals surface area (Å²) in [5.41, 5.74) is 2.96. The third-order valence-electron chi connectivity index (χ3n) is 3.60. The summed E-state index contributed by atoms with van der Waals surface area (Å²) in [5.74, 6) is 0.0679. The molecular weight excluding hydrogens is 262 g/mol. The van der Waals surface area contributed by atoms with Crippen molar-refractivity contribution in [2.24, 2.45) is 0 Å². The lowest BCUT2D eigenvalue weighted by Gasteiger charge is -2.25. The Balaban J connectivity index is 2.04. The second kappa shape index (κ2) is 5.76. The van der Waals surface area contributed by atoms with Gasteiger partial charge in [0.25, 0.3) is 5.91 Å². The van der Waals surface area contributed by atoms with Crippen molar-refractivity contribution in [2.45, 2.75) is 26.5 Å². The Bertz CT molecular complexity index is 507. The Morgan fingerprint density at radius 1 is 1.26 bits per heavy atom. The maximum absolute atomic E-state index is 12.1. The fourth-order valence-electron chi connectivity index (χ4n) is 2.33. The van der Waals surface area contributed by atoms with Gasteiger partial charge in [-0.25, -0.2) is 0 Å². The van der Waals surface area contributed by atoms with E-state index in [-0.39, 0.29) is 12.1 Å². The molecule has 0 fully saturated rings. The Morgan fingerprint density at radius 3 is 2.47 bits per heavy atom. The van der Waals surface area contributed by atoms with Crippen LogP contribution < -0.4 is 0 Å². The molecule has 0 bridgehead atoms. The molecule has 1 atom stereocenters. The van der Waals surface area contributed by atoms with Crippen LogP contribution in [0.3, 0.4) is 0 Å². The van der Waals surface area contributed by atoms with Crippen LogP contribution in [0.2, 0.25) is 5.02 Å². The van der Waals surface area contributed by atoms with Crippen LogP contribution >= 0.6 is 11.6 Å². The van der Waals surface area contributed by atoms with Gasteiger partial charge < -0.3 is 9.64 Å². The Kier molecular flexibility index (Phi) is 4.27. The first kappa shape index (κ1) is 14.1. The highest BCUT2D eigenvalue weighted by Crippen LogP contribution is 2.26. The van der Waals surface area contributed by atoms with E-state index in [1.165, 1.54) is 0 Å². The lowest BCUT2D eigenvalue weighted by atomic mass is 10.1. The van der Waals surface area contributed by atoms with E-state index in [1.807, 2.05) is 38.1 Å². The number of nitrogens with zero attached hydrogens (tertiary/aromatic N) is 1. The number of benzene rings is 1. The van der Waals surface area contributed by atoms with Gasteiger partial charge in [0.15, 0.2) is 6.23 Å². The van der Waals surface area contributed by atoms with Gasteiger partial charge >= 0.3 is 0 Å². The van der Waals surface area contributed by atoms with Crippen LogP contribution in [0.15, 0.2) is 35.4 Å². The van der Waals surface area contributed by atoms with Gasteiger partial charge in [0.05, 0.1) is 0 Å². The first-order valence-corrected chi connectivity index (χ1v) is 6.68. The zero-order chi connectivity index (χ0) is 14.0. The summed E-state index contributed by atoms with van der Waals surface area (Å²) in [4.78, 5) is 13.9. The molecule has 1 amide bonds. The first-order valence-electron chi connectivity index (χ1n) is 6.30. The fourth-order valence-corrected chi connectivity index (χ4v) is 2.46. The van der Waals surface area contributed by atoms with E-state index in [9.17, 15) is 4.79 Å². The molecule has 1 aliphatic rings. The van der Waals surface area contributed by atoms with E-state index in [2.05, 4.69) is 0 Å². The zero-order valence-corrected chi connectivity index (χ0v) is 12.2. The van der Waals surface area contributed by atoms with E-state index < -0.39 is 0 Å². The number of methoxy groups -OCH3 is 1. The Morgan fingerprint density at radius 2 is 1.89 bits per heavy atom. The second-order valence-corrected chi connectivity index (χ2v) is 5.21. The van der Waals surface area contributed by atoms with Crippen LogP contribution in [0.4, 0.5) is 0 Å². The van der Waals surface area contributed by atoms with Crippen molar-refractivity contribution >= 4 is 17.5 Å². The smallest absolute Gasteiger partial charge is 0.251 e. The lowest BCUT2D eigenvalue weighted by molar-refractivity contribution is -0.133. The molecule has 0 radical (unpaired) electrons. The molecule has 0 saturated carbocycles. The van der Waals surface area contributed by atoms with Gasteiger partial charge in [-0.05, 0) is 43.5 Å². The minimum atomic E-state index is -0.222. The number of amides is 1. The molecule has 3 nitrogen and oxygen atoms in total. The van der Waals surface area contributed by atoms with Crippen LogP contribution in [0.5, 0.6) is 0 Å². The monoisotopic (exact) mass is 279 g/mol. The Labute approximate surface area is 118 Å². The minimum absolute atomic E-state index is 0.0679. The fraction of sp³-hybridized carbons (Fsp3) is 0.400. The summed E-state index contributed by atoms with van der Waals surface area (Å²) in [6.07, 6.45) is 0.573. The van der Waals surface area contributed by atoms with Gasteiger partial charge in [-0.15, -0.1) is 0 Å². The number of hydrogen-bond donors (Lipinski definition) is 0. The molecular formula is C15H18ClNO2. The molecule has 1 aromatic rings. The van der Waals surface area contributed by atoms with Gasteiger partial charge in [0.2, 0.25) is 0 Å². The van der Waals surface area contributed by atoms with Crippen molar-refractivity contribution in [1.82, 2.24) is 4.90 Å². The molecule has 1 aromatic carbocycles. The van der Waals surface area contributed by atoms with Gasteiger partial charge in [-0.1, -0.05) is 23.7 Å². The third-order valence-corrected chi connectivity index (χ3v) is 3.86. The standard InChI is InChI=1S/C15H18ClNO2/c1-10-11(2)15(19-3)17(14(10)18)9-8-12-4-6-13(16)7-5-12/h4-7,15H,8-9H2,1-3H3. The number of rotatable bonds is 4. The average molecular weight is 280 g/mol. The van der Waals surface area contributed by atoms with Crippen molar-refractivity contribution in [3.8, 4) is 0 Å². The molecule has 0 saturated heterocycles. The molecule has 1 unspecified atom stereocenters. The maximum Gasteiger partial charge on any atom is 0.251 e. The Hall–Kier alpha value is -1.32. The van der Waals surface area contributed by atoms with Crippen molar-refractivity contribution in [3.05, 3.63) is 46.0 Å². The summed E-state index contributed by atoms with van der Waals surface area (Å²) in [7, 11) is 1.63. The van der Waals surface area contributed by atoms with Gasteiger partial charge in [-0.2, -0.15) is 0 Å². The summed E-state index contributed by atoms with van der Waals surface area (Å²) in [6, 6.07) is 7.70. The second-order valence-electron chi connectivity index (χ2n) is 4.77. The molecule has 0 aliphatic carbocycles. The highest BCUT2D eigenvalue weighted by atomic mass is 35.5. The van der Waals surface area contributed by atoms with E-state index in [4.69, 9.17) is 16.3 Å². The predicted molar refractivity (Wildman–Crippen MR) is 76.0 cm³/mol. The largest absolute Gasteiger partial charge is 0.358 e. The van der Waals surface area contributed by atoms with Crippen LogP contribution in [0.25, 0.3) is 0 Å². The number of carbonyl (C=O) groups is 1. The summed E-state index contributed by atoms with van der Waals surface area (Å²) in [6.45, 7) is 4.45. The van der Waals surface area contributed by atoms with Crippen LogP contribution in [-0.2, 0) is 16.0 Å². The van der Waals surface area contributed by atoms with E-state index in [1.54, 1.807) is 12.0 Å². The SMILES string of the molecule is COC1C(C)=C(C)C(=O)N1CCc1ccc(Cl)cc1. The summed E-state index contributed by atoms with van der Waals surface area (Å²) >= 11 is 5.85. The molecule has 4 heteroatoms. The van der Waals surface area contributed by atoms with E-state index in [0.29, 0.717) is 6.54 Å².